The smallest absolute Gasteiger partial charge is 0.222 e. The van der Waals surface area contributed by atoms with Crippen LogP contribution >= 0.6 is 0 Å². The summed E-state index contributed by atoms with van der Waals surface area (Å²) in [6, 6.07) is 18.3. The maximum Gasteiger partial charge on any atom is 0.222 e. The van der Waals surface area contributed by atoms with Gasteiger partial charge in [0.1, 0.15) is 17.3 Å². The lowest BCUT2D eigenvalue weighted by molar-refractivity contribution is 0.379. The molecule has 1 aliphatic rings. The number of nitrogens with two attached hydrogens (primary N) is 1. The van der Waals surface area contributed by atoms with E-state index in [0.717, 1.165) is 33.6 Å². The summed E-state index contributed by atoms with van der Waals surface area (Å²) in [4.78, 5) is 4.09. The van der Waals surface area contributed by atoms with E-state index in [9.17, 15) is 5.26 Å². The quantitative estimate of drug-likeness (QED) is 0.550. The summed E-state index contributed by atoms with van der Waals surface area (Å²) in [6.45, 7) is 2.04. The molecule has 3 heterocycles. The van der Waals surface area contributed by atoms with Gasteiger partial charge in [-0.25, -0.2) is 10.1 Å². The molecule has 0 fully saturated rings. The Morgan fingerprint density at radius 2 is 1.90 bits per heavy atom. The lowest BCUT2D eigenvalue weighted by Gasteiger charge is -2.24. The van der Waals surface area contributed by atoms with E-state index in [0.29, 0.717) is 11.5 Å². The van der Waals surface area contributed by atoms with Crippen molar-refractivity contribution in [2.75, 3.05) is 0 Å². The van der Waals surface area contributed by atoms with Crippen molar-refractivity contribution in [3.05, 3.63) is 95.4 Å². The van der Waals surface area contributed by atoms with Crippen molar-refractivity contribution in [3.8, 4) is 28.9 Å². The first-order valence-corrected chi connectivity index (χ1v) is 9.47. The van der Waals surface area contributed by atoms with Crippen LogP contribution in [0.3, 0.4) is 0 Å². The molecule has 5 rings (SSSR count). The molecule has 0 radical (unpaired) electrons. The maximum atomic E-state index is 9.85. The fourth-order valence-corrected chi connectivity index (χ4v) is 3.77. The molecule has 1 atom stereocenters. The van der Waals surface area contributed by atoms with Crippen LogP contribution in [0.25, 0.3) is 16.9 Å². The number of allylic oxidation sites excluding steroid dienone is 1. The summed E-state index contributed by atoms with van der Waals surface area (Å²) in [6.07, 6.45) is 5.35. The minimum atomic E-state index is -0.384. The number of H-pyrrole nitrogens is 1. The van der Waals surface area contributed by atoms with E-state index in [1.54, 1.807) is 12.5 Å². The molecule has 2 aromatic carbocycles. The first kappa shape index (κ1) is 17.8. The summed E-state index contributed by atoms with van der Waals surface area (Å²) >= 11 is 0. The van der Waals surface area contributed by atoms with Gasteiger partial charge in [0.25, 0.3) is 0 Å². The predicted molar refractivity (Wildman–Crippen MR) is 112 cm³/mol. The molecule has 0 saturated carbocycles. The number of imidazole rings is 1. The van der Waals surface area contributed by atoms with Crippen LogP contribution in [0.5, 0.6) is 5.88 Å². The first-order valence-electron chi connectivity index (χ1n) is 9.47. The molecule has 3 N–H and O–H groups in total. The third-order valence-electron chi connectivity index (χ3n) is 5.30. The Morgan fingerprint density at radius 1 is 1.13 bits per heavy atom. The van der Waals surface area contributed by atoms with Crippen molar-refractivity contribution < 1.29 is 4.74 Å². The Balaban J connectivity index is 1.65. The lowest BCUT2D eigenvalue weighted by Crippen LogP contribution is -2.21. The summed E-state index contributed by atoms with van der Waals surface area (Å²) in [5.74, 6) is 0.171. The van der Waals surface area contributed by atoms with Gasteiger partial charge in [0.2, 0.25) is 11.8 Å². The molecule has 4 aromatic rings. The van der Waals surface area contributed by atoms with Crippen molar-refractivity contribution >= 4 is 0 Å². The molecule has 0 spiro atoms. The second kappa shape index (κ2) is 6.94. The van der Waals surface area contributed by atoms with Crippen LogP contribution in [0.1, 0.15) is 22.6 Å². The number of hydrogen-bond donors (Lipinski definition) is 2. The van der Waals surface area contributed by atoms with Crippen molar-refractivity contribution in [1.82, 2.24) is 19.7 Å². The van der Waals surface area contributed by atoms with Crippen LogP contribution < -0.4 is 10.5 Å². The molecule has 1 aliphatic heterocycles. The van der Waals surface area contributed by atoms with E-state index >= 15 is 0 Å². The van der Waals surface area contributed by atoms with Gasteiger partial charge in [-0.15, -0.1) is 0 Å². The van der Waals surface area contributed by atoms with Crippen LogP contribution in [0, 0.1) is 18.3 Å². The Bertz CT molecular complexity index is 1280. The summed E-state index contributed by atoms with van der Waals surface area (Å²) < 4.78 is 7.62. The average molecular weight is 394 g/mol. The van der Waals surface area contributed by atoms with Gasteiger partial charge in [-0.3, -0.25) is 0 Å². The number of aromatic amines is 1. The molecule has 0 bridgehead atoms. The van der Waals surface area contributed by atoms with Gasteiger partial charge in [-0.2, -0.15) is 10.4 Å². The number of nitrogens with one attached hydrogen (secondary N) is 1. The van der Waals surface area contributed by atoms with Crippen LogP contribution in [0.4, 0.5) is 0 Å². The van der Waals surface area contributed by atoms with Crippen molar-refractivity contribution in [1.29, 1.82) is 5.26 Å². The van der Waals surface area contributed by atoms with Crippen molar-refractivity contribution in [2.24, 2.45) is 5.73 Å². The third kappa shape index (κ3) is 2.83. The zero-order valence-corrected chi connectivity index (χ0v) is 16.2. The van der Waals surface area contributed by atoms with Crippen molar-refractivity contribution in [3.63, 3.8) is 0 Å². The highest BCUT2D eigenvalue weighted by molar-refractivity contribution is 5.71. The van der Waals surface area contributed by atoms with Gasteiger partial charge in [0.15, 0.2) is 0 Å². The van der Waals surface area contributed by atoms with Gasteiger partial charge in [0.05, 0.1) is 17.8 Å². The fourth-order valence-electron chi connectivity index (χ4n) is 3.77. The third-order valence-corrected chi connectivity index (χ3v) is 5.30. The Labute approximate surface area is 173 Å². The SMILES string of the molecule is Cc1ccc(-c2n[nH]c3c2C(c2ccc(-n4ccnc4)cc2)C(C#N)=C(N)O3)cc1. The van der Waals surface area contributed by atoms with Crippen LogP contribution in [0.2, 0.25) is 0 Å². The zero-order valence-electron chi connectivity index (χ0n) is 16.2. The normalized spacial score (nSPS) is 15.4. The van der Waals surface area contributed by atoms with Gasteiger partial charge in [-0.05, 0) is 24.6 Å². The van der Waals surface area contributed by atoms with Crippen molar-refractivity contribution in [2.45, 2.75) is 12.8 Å². The molecular weight excluding hydrogens is 376 g/mol. The summed E-state index contributed by atoms with van der Waals surface area (Å²) in [7, 11) is 0. The number of nitrogens with zero attached hydrogens (tertiary/aromatic N) is 4. The topological polar surface area (TPSA) is 106 Å². The Hall–Kier alpha value is -4.31. The van der Waals surface area contributed by atoms with E-state index in [1.165, 1.54) is 0 Å². The molecule has 146 valence electrons. The Morgan fingerprint density at radius 3 is 2.57 bits per heavy atom. The van der Waals surface area contributed by atoms with E-state index < -0.39 is 0 Å². The second-order valence-electron chi connectivity index (χ2n) is 7.17. The predicted octanol–water partition coefficient (Wildman–Crippen LogP) is 3.79. The lowest BCUT2D eigenvalue weighted by atomic mass is 9.83. The molecular formula is C23H18N6O. The number of fused-ring (bicyclic) bond motifs is 1. The maximum absolute atomic E-state index is 9.85. The summed E-state index contributed by atoms with van der Waals surface area (Å²) in [5.41, 5.74) is 12.0. The molecule has 7 heteroatoms. The first-order chi connectivity index (χ1) is 14.7. The monoisotopic (exact) mass is 394 g/mol. The molecule has 1 unspecified atom stereocenters. The number of nitriles is 1. The fraction of sp³-hybridized carbons (Fsp3) is 0.0870. The standard InChI is InChI=1S/C23H18N6O/c1-14-2-4-16(5-3-14)21-20-19(18(12-24)22(25)30-23(20)28-27-21)15-6-8-17(9-7-15)29-11-10-26-13-29/h2-11,13,19H,25H2,1H3,(H,27,28). The van der Waals surface area contributed by atoms with Gasteiger partial charge >= 0.3 is 0 Å². The minimum Gasteiger partial charge on any atom is -0.422 e. The largest absolute Gasteiger partial charge is 0.422 e. The van der Waals surface area contributed by atoms with Gasteiger partial charge in [-0.1, -0.05) is 42.0 Å². The molecule has 2 aromatic heterocycles. The number of benzene rings is 2. The molecule has 0 amide bonds. The Kier molecular flexibility index (Phi) is 4.11. The van der Waals surface area contributed by atoms with E-state index in [2.05, 4.69) is 21.3 Å². The minimum absolute atomic E-state index is 0.0905. The van der Waals surface area contributed by atoms with E-state index in [-0.39, 0.29) is 11.8 Å². The van der Waals surface area contributed by atoms with E-state index in [4.69, 9.17) is 10.5 Å². The van der Waals surface area contributed by atoms with E-state index in [1.807, 2.05) is 66.2 Å². The second-order valence-corrected chi connectivity index (χ2v) is 7.17. The number of aryl methyl sites for hydroxylation is 1. The van der Waals surface area contributed by atoms with Crippen LogP contribution in [0.15, 0.2) is 78.7 Å². The van der Waals surface area contributed by atoms with Gasteiger partial charge < -0.3 is 15.0 Å². The number of aromatic nitrogens is 4. The number of rotatable bonds is 3. The average Bonchev–Trinajstić information content (AvgIpc) is 3.44. The van der Waals surface area contributed by atoms with Crippen LogP contribution in [-0.4, -0.2) is 19.7 Å². The molecule has 30 heavy (non-hydrogen) atoms. The zero-order chi connectivity index (χ0) is 20.7. The number of ether oxygens (including phenoxy) is 1. The number of hydrogen-bond acceptors (Lipinski definition) is 5. The highest BCUT2D eigenvalue weighted by Crippen LogP contribution is 2.45. The highest BCUT2D eigenvalue weighted by Gasteiger charge is 2.35. The molecule has 7 nitrogen and oxygen atoms in total. The molecule has 0 aliphatic carbocycles. The van der Waals surface area contributed by atoms with Crippen LogP contribution in [-0.2, 0) is 0 Å². The summed E-state index contributed by atoms with van der Waals surface area (Å²) in [5, 5.41) is 17.3. The van der Waals surface area contributed by atoms with Gasteiger partial charge in [0, 0.05) is 23.6 Å². The highest BCUT2D eigenvalue weighted by atomic mass is 16.5. The molecule has 0 saturated heterocycles.